The van der Waals surface area contributed by atoms with Gasteiger partial charge in [0.05, 0.1) is 5.54 Å². The molecule has 0 atom stereocenters. The summed E-state index contributed by atoms with van der Waals surface area (Å²) in [7, 11) is 1.48. The Morgan fingerprint density at radius 2 is 1.77 bits per heavy atom. The topological polar surface area (TPSA) is 64.0 Å². The van der Waals surface area contributed by atoms with Crippen LogP contribution in [0.3, 0.4) is 0 Å². The Morgan fingerprint density at radius 3 is 2.32 bits per heavy atom. The van der Waals surface area contributed by atoms with Gasteiger partial charge in [0.1, 0.15) is 5.69 Å². The van der Waals surface area contributed by atoms with Crippen molar-refractivity contribution < 1.29 is 4.79 Å². The minimum absolute atomic E-state index is 0.137. The Balaban J connectivity index is 2.33. The Bertz CT molecular complexity index is 764. The third-order valence-corrected chi connectivity index (χ3v) is 3.84. The van der Waals surface area contributed by atoms with Gasteiger partial charge in [0, 0.05) is 28.7 Å². The molecule has 0 aliphatic heterocycles. The summed E-state index contributed by atoms with van der Waals surface area (Å²) in [6.45, 7) is 3.58. The minimum atomic E-state index is -0.803. The van der Waals surface area contributed by atoms with Crippen LogP contribution in [0.4, 0.5) is 0 Å². The molecule has 1 heterocycles. The zero-order valence-corrected chi connectivity index (χ0v) is 13.9. The first-order valence-electron chi connectivity index (χ1n) is 6.54. The number of aromatic nitrogens is 2. The molecule has 0 saturated carbocycles. The van der Waals surface area contributed by atoms with Gasteiger partial charge in [-0.25, -0.2) is 4.68 Å². The molecular formula is C15H15Cl2N3O2. The first kappa shape index (κ1) is 16.5. The molecule has 1 aromatic heterocycles. The molecule has 0 spiro atoms. The average Bonchev–Trinajstić information content (AvgIpc) is 2.40. The summed E-state index contributed by atoms with van der Waals surface area (Å²) in [5, 5.41) is 7.68. The average molecular weight is 340 g/mol. The molecule has 0 bridgehead atoms. The van der Waals surface area contributed by atoms with E-state index < -0.39 is 11.4 Å². The van der Waals surface area contributed by atoms with Gasteiger partial charge < -0.3 is 5.32 Å². The molecule has 1 amide bonds. The third-order valence-electron chi connectivity index (χ3n) is 3.21. The lowest BCUT2D eigenvalue weighted by molar-refractivity contribution is 0.0904. The molecule has 0 aliphatic carbocycles. The summed E-state index contributed by atoms with van der Waals surface area (Å²) in [4.78, 5) is 23.7. The van der Waals surface area contributed by atoms with Crippen molar-refractivity contribution in [2.75, 3.05) is 0 Å². The molecule has 0 saturated heterocycles. The van der Waals surface area contributed by atoms with Gasteiger partial charge in [-0.15, -0.1) is 0 Å². The Labute approximate surface area is 137 Å². The lowest BCUT2D eigenvalue weighted by Gasteiger charge is -2.28. The molecular weight excluding hydrogens is 325 g/mol. The second-order valence-electron chi connectivity index (χ2n) is 5.36. The molecule has 5 nitrogen and oxygen atoms in total. The minimum Gasteiger partial charge on any atom is -0.342 e. The molecule has 116 valence electrons. The normalized spacial score (nSPS) is 11.3. The number of carbonyl (C=O) groups is 1. The van der Waals surface area contributed by atoms with E-state index in [-0.39, 0.29) is 11.3 Å². The highest BCUT2D eigenvalue weighted by Gasteiger charge is 2.28. The Kier molecular flexibility index (Phi) is 4.58. The van der Waals surface area contributed by atoms with Crippen molar-refractivity contribution in [2.24, 2.45) is 7.05 Å². The number of aryl methyl sites for hydroxylation is 1. The van der Waals surface area contributed by atoms with Crippen molar-refractivity contribution in [1.82, 2.24) is 15.1 Å². The number of hydrogen-bond donors (Lipinski definition) is 1. The van der Waals surface area contributed by atoms with Gasteiger partial charge in [-0.05, 0) is 32.0 Å². The fourth-order valence-corrected chi connectivity index (χ4v) is 3.00. The largest absolute Gasteiger partial charge is 0.342 e. The second kappa shape index (κ2) is 6.10. The maximum absolute atomic E-state index is 12.3. The van der Waals surface area contributed by atoms with Gasteiger partial charge >= 0.3 is 0 Å². The highest BCUT2D eigenvalue weighted by Crippen LogP contribution is 2.34. The number of rotatable bonds is 3. The van der Waals surface area contributed by atoms with Crippen LogP contribution in [-0.4, -0.2) is 15.7 Å². The fourth-order valence-electron chi connectivity index (χ4n) is 2.13. The Hall–Kier alpha value is -1.85. The molecule has 2 aromatic rings. The van der Waals surface area contributed by atoms with Crippen molar-refractivity contribution in [3.8, 4) is 0 Å². The van der Waals surface area contributed by atoms with Gasteiger partial charge in [-0.2, -0.15) is 5.10 Å². The summed E-state index contributed by atoms with van der Waals surface area (Å²) in [6, 6.07) is 7.82. The van der Waals surface area contributed by atoms with Crippen LogP contribution in [-0.2, 0) is 12.6 Å². The molecule has 0 unspecified atom stereocenters. The van der Waals surface area contributed by atoms with E-state index in [1.54, 1.807) is 32.0 Å². The molecule has 0 aliphatic rings. The van der Waals surface area contributed by atoms with Gasteiger partial charge in [-0.1, -0.05) is 29.3 Å². The molecule has 7 heteroatoms. The van der Waals surface area contributed by atoms with E-state index in [0.29, 0.717) is 15.6 Å². The maximum Gasteiger partial charge on any atom is 0.272 e. The van der Waals surface area contributed by atoms with E-state index in [2.05, 4.69) is 10.4 Å². The van der Waals surface area contributed by atoms with E-state index in [0.717, 1.165) is 4.68 Å². The van der Waals surface area contributed by atoms with E-state index in [4.69, 9.17) is 23.2 Å². The van der Waals surface area contributed by atoms with E-state index in [1.807, 2.05) is 0 Å². The van der Waals surface area contributed by atoms with Crippen molar-refractivity contribution >= 4 is 29.1 Å². The smallest absolute Gasteiger partial charge is 0.272 e. The van der Waals surface area contributed by atoms with Crippen LogP contribution in [0.5, 0.6) is 0 Å². The van der Waals surface area contributed by atoms with Gasteiger partial charge in [0.25, 0.3) is 11.5 Å². The van der Waals surface area contributed by atoms with E-state index in [1.165, 1.54) is 19.2 Å². The number of hydrogen-bond acceptors (Lipinski definition) is 3. The number of nitrogens with one attached hydrogen (secondary N) is 1. The summed E-state index contributed by atoms with van der Waals surface area (Å²) >= 11 is 12.4. The molecule has 22 heavy (non-hydrogen) atoms. The summed E-state index contributed by atoms with van der Waals surface area (Å²) in [6.07, 6.45) is 0. The van der Waals surface area contributed by atoms with E-state index in [9.17, 15) is 9.59 Å². The second-order valence-corrected chi connectivity index (χ2v) is 6.17. The SMILES string of the molecule is Cn1nc(C(=O)NC(C)(C)c2c(Cl)cccc2Cl)ccc1=O. The molecule has 0 fully saturated rings. The monoisotopic (exact) mass is 339 g/mol. The number of nitrogens with zero attached hydrogens (tertiary/aromatic N) is 2. The van der Waals surface area contributed by atoms with Crippen LogP contribution in [0.1, 0.15) is 29.9 Å². The first-order valence-corrected chi connectivity index (χ1v) is 7.29. The summed E-state index contributed by atoms with van der Waals surface area (Å²) in [5.41, 5.74) is -0.331. The molecule has 1 aromatic carbocycles. The maximum atomic E-state index is 12.3. The van der Waals surface area contributed by atoms with Crippen LogP contribution in [0.15, 0.2) is 35.1 Å². The quantitative estimate of drug-likeness (QED) is 0.934. The van der Waals surface area contributed by atoms with Crippen LogP contribution in [0, 0.1) is 0 Å². The van der Waals surface area contributed by atoms with Crippen molar-refractivity contribution in [3.63, 3.8) is 0 Å². The summed E-state index contributed by atoms with van der Waals surface area (Å²) < 4.78 is 1.10. The lowest BCUT2D eigenvalue weighted by Crippen LogP contribution is -2.42. The van der Waals surface area contributed by atoms with Crippen molar-refractivity contribution in [1.29, 1.82) is 0 Å². The molecule has 1 N–H and O–H groups in total. The molecule has 2 rings (SSSR count). The van der Waals surface area contributed by atoms with Crippen LogP contribution < -0.4 is 10.9 Å². The zero-order chi connectivity index (χ0) is 16.5. The zero-order valence-electron chi connectivity index (χ0n) is 12.4. The van der Waals surface area contributed by atoms with Crippen LogP contribution in [0.2, 0.25) is 10.0 Å². The predicted octanol–water partition coefficient (Wildman–Crippen LogP) is 2.75. The number of amides is 1. The highest BCUT2D eigenvalue weighted by molar-refractivity contribution is 6.36. The number of carbonyl (C=O) groups excluding carboxylic acids is 1. The van der Waals surface area contributed by atoms with Crippen molar-refractivity contribution in [2.45, 2.75) is 19.4 Å². The number of benzene rings is 1. The Morgan fingerprint density at radius 1 is 1.18 bits per heavy atom. The summed E-state index contributed by atoms with van der Waals surface area (Å²) in [5.74, 6) is -0.420. The van der Waals surface area contributed by atoms with Crippen molar-refractivity contribution in [3.05, 3.63) is 62.0 Å². The van der Waals surface area contributed by atoms with Gasteiger partial charge in [0.15, 0.2) is 0 Å². The van der Waals surface area contributed by atoms with Crippen LogP contribution >= 0.6 is 23.2 Å². The standard InChI is InChI=1S/C15H15Cl2N3O2/c1-15(2,13-9(16)5-4-6-10(13)17)18-14(22)11-7-8-12(21)20(3)19-11/h4-8H,1-3H3,(H,18,22). The first-order chi connectivity index (χ1) is 10.2. The van der Waals surface area contributed by atoms with Gasteiger partial charge in [0.2, 0.25) is 0 Å². The predicted molar refractivity (Wildman–Crippen MR) is 86.4 cm³/mol. The molecule has 0 radical (unpaired) electrons. The van der Waals surface area contributed by atoms with Crippen LogP contribution in [0.25, 0.3) is 0 Å². The highest BCUT2D eigenvalue weighted by atomic mass is 35.5. The third kappa shape index (κ3) is 3.31. The van der Waals surface area contributed by atoms with E-state index >= 15 is 0 Å². The lowest BCUT2D eigenvalue weighted by atomic mass is 9.94. The fraction of sp³-hybridized carbons (Fsp3) is 0.267. The van der Waals surface area contributed by atoms with Gasteiger partial charge in [-0.3, -0.25) is 9.59 Å². The number of halogens is 2.